The molecule has 0 N–H and O–H groups in total. The number of rotatable bonds is 2. The zero-order valence-corrected chi connectivity index (χ0v) is 11.2. The van der Waals surface area contributed by atoms with E-state index in [1.54, 1.807) is 12.3 Å². The van der Waals surface area contributed by atoms with Crippen molar-refractivity contribution in [1.29, 1.82) is 0 Å². The summed E-state index contributed by atoms with van der Waals surface area (Å²) in [6, 6.07) is 3.76. The van der Waals surface area contributed by atoms with E-state index in [-0.39, 0.29) is 0 Å². The number of esters is 1. The maximum atomic E-state index is 12.1. The van der Waals surface area contributed by atoms with Crippen molar-refractivity contribution in [3.05, 3.63) is 34.5 Å². The SMILES string of the molecule is COC(=O)C(=O)c1cn2c3c(ccc(Cl)c13)CCC2. The average molecular weight is 278 g/mol. The van der Waals surface area contributed by atoms with Crippen LogP contribution in [-0.2, 0) is 22.5 Å². The number of carbonyl (C=O) groups excluding carboxylic acids is 2. The molecule has 0 bridgehead atoms. The summed E-state index contributed by atoms with van der Waals surface area (Å²) in [5, 5.41) is 1.15. The Kier molecular flexibility index (Phi) is 2.82. The fraction of sp³-hybridized carbons (Fsp3) is 0.286. The number of benzene rings is 1. The van der Waals surface area contributed by atoms with Crippen molar-refractivity contribution in [3.8, 4) is 0 Å². The molecule has 2 aromatic rings. The Morgan fingerprint density at radius 2 is 2.16 bits per heavy atom. The summed E-state index contributed by atoms with van der Waals surface area (Å²) < 4.78 is 6.50. The summed E-state index contributed by atoms with van der Waals surface area (Å²) in [4.78, 5) is 23.5. The first kappa shape index (κ1) is 12.2. The van der Waals surface area contributed by atoms with Gasteiger partial charge >= 0.3 is 5.97 Å². The minimum atomic E-state index is -0.861. The lowest BCUT2D eigenvalue weighted by molar-refractivity contribution is -0.135. The highest BCUT2D eigenvalue weighted by molar-refractivity contribution is 6.45. The van der Waals surface area contributed by atoms with Gasteiger partial charge in [0.15, 0.2) is 0 Å². The van der Waals surface area contributed by atoms with Gasteiger partial charge < -0.3 is 9.30 Å². The van der Waals surface area contributed by atoms with Crippen LogP contribution in [0.5, 0.6) is 0 Å². The molecule has 98 valence electrons. The number of carbonyl (C=O) groups is 2. The molecule has 4 nitrogen and oxygen atoms in total. The Bertz CT molecular complexity index is 702. The summed E-state index contributed by atoms with van der Waals surface area (Å²) in [6.07, 6.45) is 3.69. The molecule has 0 aliphatic carbocycles. The Hall–Kier alpha value is -1.81. The van der Waals surface area contributed by atoms with Gasteiger partial charge in [-0.25, -0.2) is 4.79 Å². The highest BCUT2D eigenvalue weighted by atomic mass is 35.5. The van der Waals surface area contributed by atoms with Crippen LogP contribution in [0.3, 0.4) is 0 Å². The molecule has 3 rings (SSSR count). The topological polar surface area (TPSA) is 48.3 Å². The molecule has 0 amide bonds. The third-order valence-electron chi connectivity index (χ3n) is 3.51. The third-order valence-corrected chi connectivity index (χ3v) is 3.83. The van der Waals surface area contributed by atoms with Crippen molar-refractivity contribution in [2.24, 2.45) is 0 Å². The van der Waals surface area contributed by atoms with Gasteiger partial charge in [-0.1, -0.05) is 17.7 Å². The van der Waals surface area contributed by atoms with Crippen LogP contribution in [0.1, 0.15) is 22.3 Å². The van der Waals surface area contributed by atoms with Crippen LogP contribution in [0.15, 0.2) is 18.3 Å². The van der Waals surface area contributed by atoms with E-state index in [4.69, 9.17) is 11.6 Å². The molecule has 2 heterocycles. The molecule has 5 heteroatoms. The molecule has 0 saturated carbocycles. The molecule has 0 radical (unpaired) electrons. The van der Waals surface area contributed by atoms with E-state index in [1.807, 2.05) is 10.6 Å². The van der Waals surface area contributed by atoms with Crippen LogP contribution in [0.2, 0.25) is 5.02 Å². The van der Waals surface area contributed by atoms with Gasteiger partial charge in [-0.3, -0.25) is 4.79 Å². The van der Waals surface area contributed by atoms with Gasteiger partial charge in [0.1, 0.15) is 0 Å². The number of aryl methyl sites for hydroxylation is 2. The first-order valence-electron chi connectivity index (χ1n) is 6.06. The molecule has 0 saturated heterocycles. The second kappa shape index (κ2) is 4.38. The Labute approximate surface area is 114 Å². The largest absolute Gasteiger partial charge is 0.463 e. The molecular weight excluding hydrogens is 266 g/mol. The summed E-state index contributed by atoms with van der Waals surface area (Å²) in [5.41, 5.74) is 2.45. The number of nitrogens with zero attached hydrogens (tertiary/aromatic N) is 1. The Balaban J connectivity index is 2.30. The Morgan fingerprint density at radius 3 is 2.89 bits per heavy atom. The molecule has 19 heavy (non-hydrogen) atoms. The summed E-state index contributed by atoms with van der Waals surface area (Å²) >= 11 is 6.20. The van der Waals surface area contributed by atoms with E-state index in [0.29, 0.717) is 16.0 Å². The van der Waals surface area contributed by atoms with Crippen LogP contribution >= 0.6 is 11.6 Å². The lowest BCUT2D eigenvalue weighted by Crippen LogP contribution is -2.15. The van der Waals surface area contributed by atoms with E-state index in [2.05, 4.69) is 4.74 Å². The van der Waals surface area contributed by atoms with Gasteiger partial charge in [0.25, 0.3) is 5.78 Å². The van der Waals surface area contributed by atoms with Gasteiger partial charge in [0.2, 0.25) is 0 Å². The lowest BCUT2D eigenvalue weighted by Gasteiger charge is -2.15. The predicted octanol–water partition coefficient (Wildman–Crippen LogP) is 2.60. The zero-order chi connectivity index (χ0) is 13.6. The molecule has 0 spiro atoms. The molecule has 0 atom stereocenters. The second-order valence-electron chi connectivity index (χ2n) is 4.59. The molecule has 1 aromatic carbocycles. The van der Waals surface area contributed by atoms with E-state index >= 15 is 0 Å². The number of ketones is 1. The summed E-state index contributed by atoms with van der Waals surface area (Å²) in [7, 11) is 1.20. The molecule has 0 unspecified atom stereocenters. The first-order valence-corrected chi connectivity index (χ1v) is 6.44. The number of Topliss-reactive ketones (excluding diaryl/α,β-unsaturated/α-hetero) is 1. The smallest absolute Gasteiger partial charge is 0.379 e. The van der Waals surface area contributed by atoms with Gasteiger partial charge in [0.05, 0.1) is 23.2 Å². The highest BCUT2D eigenvalue weighted by Crippen LogP contribution is 2.34. The van der Waals surface area contributed by atoms with Gasteiger partial charge in [-0.05, 0) is 24.5 Å². The average Bonchev–Trinajstić information content (AvgIpc) is 2.82. The van der Waals surface area contributed by atoms with E-state index in [9.17, 15) is 9.59 Å². The van der Waals surface area contributed by atoms with E-state index in [0.717, 1.165) is 30.5 Å². The van der Waals surface area contributed by atoms with Crippen LogP contribution in [0.25, 0.3) is 10.9 Å². The number of aromatic nitrogens is 1. The predicted molar refractivity (Wildman–Crippen MR) is 71.6 cm³/mol. The van der Waals surface area contributed by atoms with Gasteiger partial charge in [-0.2, -0.15) is 0 Å². The van der Waals surface area contributed by atoms with Crippen LogP contribution in [0.4, 0.5) is 0 Å². The zero-order valence-electron chi connectivity index (χ0n) is 10.4. The van der Waals surface area contributed by atoms with Crippen LogP contribution in [-0.4, -0.2) is 23.4 Å². The number of ether oxygens (including phenoxy) is 1. The van der Waals surface area contributed by atoms with Crippen LogP contribution in [0, 0.1) is 0 Å². The van der Waals surface area contributed by atoms with Gasteiger partial charge in [-0.15, -0.1) is 0 Å². The molecule has 1 aromatic heterocycles. The van der Waals surface area contributed by atoms with Crippen molar-refractivity contribution < 1.29 is 14.3 Å². The summed E-state index contributed by atoms with van der Waals surface area (Å²) in [6.45, 7) is 0.832. The molecule has 0 fully saturated rings. The number of hydrogen-bond acceptors (Lipinski definition) is 3. The molecule has 1 aliphatic rings. The number of hydrogen-bond donors (Lipinski definition) is 0. The molecule has 1 aliphatic heterocycles. The minimum Gasteiger partial charge on any atom is -0.463 e. The minimum absolute atomic E-state index is 0.329. The normalized spacial score (nSPS) is 13.6. The number of methoxy groups -OCH3 is 1. The van der Waals surface area contributed by atoms with Gasteiger partial charge in [0, 0.05) is 18.1 Å². The standard InChI is InChI=1S/C14H12ClNO3/c1-19-14(18)13(17)9-7-16-6-2-3-8-4-5-10(15)11(9)12(8)16/h4-5,7H,2-3,6H2,1H3. The monoisotopic (exact) mass is 277 g/mol. The van der Waals surface area contributed by atoms with Crippen molar-refractivity contribution in [2.45, 2.75) is 19.4 Å². The number of halogens is 1. The fourth-order valence-corrected chi connectivity index (χ4v) is 2.93. The maximum Gasteiger partial charge on any atom is 0.379 e. The maximum absolute atomic E-state index is 12.1. The quantitative estimate of drug-likeness (QED) is 0.482. The van der Waals surface area contributed by atoms with Crippen molar-refractivity contribution in [2.75, 3.05) is 7.11 Å². The highest BCUT2D eigenvalue weighted by Gasteiger charge is 2.26. The van der Waals surface area contributed by atoms with Crippen molar-refractivity contribution >= 4 is 34.3 Å². The second-order valence-corrected chi connectivity index (χ2v) is 5.00. The van der Waals surface area contributed by atoms with Crippen LogP contribution < -0.4 is 0 Å². The van der Waals surface area contributed by atoms with E-state index < -0.39 is 11.8 Å². The molecular formula is C14H12ClNO3. The van der Waals surface area contributed by atoms with Crippen molar-refractivity contribution in [1.82, 2.24) is 4.57 Å². The fourth-order valence-electron chi connectivity index (χ4n) is 2.67. The summed E-state index contributed by atoms with van der Waals surface area (Å²) in [5.74, 6) is -1.51. The first-order chi connectivity index (χ1) is 9.13. The Morgan fingerprint density at radius 1 is 1.37 bits per heavy atom. The van der Waals surface area contributed by atoms with E-state index in [1.165, 1.54) is 7.11 Å². The van der Waals surface area contributed by atoms with Crippen molar-refractivity contribution in [3.63, 3.8) is 0 Å². The third kappa shape index (κ3) is 1.75. The lowest BCUT2D eigenvalue weighted by atomic mass is 10.0.